The van der Waals surface area contributed by atoms with Crippen molar-refractivity contribution in [2.75, 3.05) is 27.2 Å². The summed E-state index contributed by atoms with van der Waals surface area (Å²) in [7, 11) is 3.23. The number of amides is 2. The molecule has 2 atom stereocenters. The summed E-state index contributed by atoms with van der Waals surface area (Å²) >= 11 is 5.95. The Morgan fingerprint density at radius 2 is 2.20 bits per heavy atom. The van der Waals surface area contributed by atoms with Crippen LogP contribution in [0, 0.1) is 0 Å². The zero-order valence-electron chi connectivity index (χ0n) is 17.8. The third kappa shape index (κ3) is 5.84. The summed E-state index contributed by atoms with van der Waals surface area (Å²) in [6.45, 7) is 4.58. The Hall–Kier alpha value is -2.36. The first-order chi connectivity index (χ1) is 14.3. The first kappa shape index (κ1) is 23.9. The van der Waals surface area contributed by atoms with Gasteiger partial charge in [-0.15, -0.1) is 0 Å². The SMILES string of the molecule is CCC(C)OC1NC(N(C)C=O)=C(C(=O)N(C)CCCO)N1Cc1ccc(Cl)cn1. The molecule has 1 aromatic rings. The molecule has 0 fully saturated rings. The smallest absolute Gasteiger partial charge is 0.273 e. The number of aromatic nitrogens is 1. The summed E-state index contributed by atoms with van der Waals surface area (Å²) in [5, 5.41) is 12.8. The number of aliphatic hydroxyl groups excluding tert-OH is 1. The zero-order valence-corrected chi connectivity index (χ0v) is 18.6. The van der Waals surface area contributed by atoms with E-state index in [1.54, 1.807) is 37.3 Å². The van der Waals surface area contributed by atoms with Gasteiger partial charge in [0, 0.05) is 33.4 Å². The number of hydrogen-bond donors (Lipinski definition) is 2. The number of halogens is 1. The van der Waals surface area contributed by atoms with Gasteiger partial charge in [0.1, 0.15) is 11.5 Å². The molecule has 2 heterocycles. The Kier molecular flexibility index (Phi) is 8.88. The maximum atomic E-state index is 13.3. The number of nitrogens with one attached hydrogen (secondary N) is 1. The summed E-state index contributed by atoms with van der Waals surface area (Å²) in [5.74, 6) is 0.0666. The van der Waals surface area contributed by atoms with Gasteiger partial charge in [-0.1, -0.05) is 18.5 Å². The third-order valence-corrected chi connectivity index (χ3v) is 5.05. The molecular formula is C20H30ClN5O4. The quantitative estimate of drug-likeness (QED) is 0.502. The Bertz CT molecular complexity index is 758. The van der Waals surface area contributed by atoms with Crippen molar-refractivity contribution < 1.29 is 19.4 Å². The number of ether oxygens (including phenoxy) is 1. The van der Waals surface area contributed by atoms with E-state index in [4.69, 9.17) is 21.4 Å². The highest BCUT2D eigenvalue weighted by atomic mass is 35.5. The van der Waals surface area contributed by atoms with Crippen molar-refractivity contribution in [1.82, 2.24) is 25.0 Å². The van der Waals surface area contributed by atoms with E-state index < -0.39 is 6.35 Å². The summed E-state index contributed by atoms with van der Waals surface area (Å²) in [6, 6.07) is 3.51. The molecule has 2 N–H and O–H groups in total. The van der Waals surface area contributed by atoms with Crippen molar-refractivity contribution in [1.29, 1.82) is 0 Å². The van der Waals surface area contributed by atoms with Crippen molar-refractivity contribution in [3.63, 3.8) is 0 Å². The van der Waals surface area contributed by atoms with E-state index in [-0.39, 0.29) is 25.2 Å². The Balaban J connectivity index is 2.43. The predicted molar refractivity (Wildman–Crippen MR) is 113 cm³/mol. The van der Waals surface area contributed by atoms with E-state index in [2.05, 4.69) is 10.3 Å². The molecule has 0 aromatic carbocycles. The first-order valence-corrected chi connectivity index (χ1v) is 10.3. The van der Waals surface area contributed by atoms with Gasteiger partial charge in [0.15, 0.2) is 0 Å². The fourth-order valence-electron chi connectivity index (χ4n) is 2.91. The normalized spacial score (nSPS) is 17.0. The minimum atomic E-state index is -0.653. The van der Waals surface area contributed by atoms with Crippen molar-refractivity contribution in [2.24, 2.45) is 0 Å². The van der Waals surface area contributed by atoms with Crippen LogP contribution in [-0.2, 0) is 20.9 Å². The van der Waals surface area contributed by atoms with Gasteiger partial charge < -0.3 is 29.9 Å². The van der Waals surface area contributed by atoms with Crippen LogP contribution in [0.1, 0.15) is 32.4 Å². The number of rotatable bonds is 11. The van der Waals surface area contributed by atoms with Crippen LogP contribution < -0.4 is 5.32 Å². The summed E-state index contributed by atoms with van der Waals surface area (Å²) in [4.78, 5) is 33.7. The molecule has 1 aliphatic heterocycles. The van der Waals surface area contributed by atoms with E-state index >= 15 is 0 Å². The van der Waals surface area contributed by atoms with Crippen LogP contribution in [0.3, 0.4) is 0 Å². The number of likely N-dealkylation sites (N-methyl/N-ethyl adjacent to an activating group) is 1. The maximum Gasteiger partial charge on any atom is 0.273 e. The minimum absolute atomic E-state index is 0.0197. The van der Waals surface area contributed by atoms with Gasteiger partial charge in [-0.2, -0.15) is 0 Å². The number of carbonyl (C=O) groups is 2. The van der Waals surface area contributed by atoms with Gasteiger partial charge in [-0.25, -0.2) is 0 Å². The highest BCUT2D eigenvalue weighted by molar-refractivity contribution is 6.30. The third-order valence-electron chi connectivity index (χ3n) is 4.82. The molecule has 10 heteroatoms. The molecule has 1 aliphatic rings. The molecule has 0 bridgehead atoms. The average molecular weight is 440 g/mol. The molecule has 2 unspecified atom stereocenters. The van der Waals surface area contributed by atoms with E-state index in [1.807, 2.05) is 13.8 Å². The van der Waals surface area contributed by atoms with Crippen molar-refractivity contribution in [3.8, 4) is 0 Å². The van der Waals surface area contributed by atoms with E-state index in [0.717, 1.165) is 6.42 Å². The van der Waals surface area contributed by atoms with Crippen molar-refractivity contribution in [2.45, 2.75) is 45.7 Å². The van der Waals surface area contributed by atoms with E-state index in [1.165, 1.54) is 9.80 Å². The van der Waals surface area contributed by atoms with Crippen molar-refractivity contribution in [3.05, 3.63) is 40.6 Å². The van der Waals surface area contributed by atoms with E-state index in [0.29, 0.717) is 41.6 Å². The molecule has 0 saturated carbocycles. The lowest BCUT2D eigenvalue weighted by molar-refractivity contribution is -0.132. The lowest BCUT2D eigenvalue weighted by atomic mass is 10.2. The number of aliphatic hydroxyl groups is 1. The first-order valence-electron chi connectivity index (χ1n) is 9.90. The zero-order chi connectivity index (χ0) is 22.3. The topological polar surface area (TPSA) is 98.2 Å². The van der Waals surface area contributed by atoms with E-state index in [9.17, 15) is 9.59 Å². The van der Waals surface area contributed by atoms with Gasteiger partial charge >= 0.3 is 0 Å². The summed E-state index contributed by atoms with van der Waals surface area (Å²) < 4.78 is 6.10. The van der Waals surface area contributed by atoms with Crippen LogP contribution in [0.2, 0.25) is 5.02 Å². The number of pyridine rings is 1. The van der Waals surface area contributed by atoms with Crippen LogP contribution >= 0.6 is 11.6 Å². The molecule has 9 nitrogen and oxygen atoms in total. The molecule has 0 spiro atoms. The lowest BCUT2D eigenvalue weighted by Crippen LogP contribution is -2.44. The minimum Gasteiger partial charge on any atom is -0.396 e. The average Bonchev–Trinajstić information content (AvgIpc) is 3.09. The van der Waals surface area contributed by atoms with Crippen molar-refractivity contribution >= 4 is 23.9 Å². The molecule has 166 valence electrons. The standard InChI is InChI=1S/C20H30ClN5O4/c1-5-14(2)30-20-23-18(25(4)13-28)17(19(29)24(3)9-6-10-27)26(20)12-16-8-7-15(21)11-22-16/h7-8,11,13-14,20,23,27H,5-6,9-10,12H2,1-4H3. The van der Waals surface area contributed by atoms with Crippen LogP contribution in [0.5, 0.6) is 0 Å². The van der Waals surface area contributed by atoms with Gasteiger partial charge in [-0.05, 0) is 31.9 Å². The van der Waals surface area contributed by atoms with Crippen LogP contribution in [0.25, 0.3) is 0 Å². The fraction of sp³-hybridized carbons (Fsp3) is 0.550. The molecule has 30 heavy (non-hydrogen) atoms. The van der Waals surface area contributed by atoms with Crippen LogP contribution in [0.15, 0.2) is 29.8 Å². The van der Waals surface area contributed by atoms with Gasteiger partial charge in [0.2, 0.25) is 12.8 Å². The molecule has 0 radical (unpaired) electrons. The highest BCUT2D eigenvalue weighted by Gasteiger charge is 2.39. The summed E-state index contributed by atoms with van der Waals surface area (Å²) in [5.41, 5.74) is 0.993. The molecule has 2 rings (SSSR count). The fourth-order valence-corrected chi connectivity index (χ4v) is 3.02. The second kappa shape index (κ2) is 11.1. The van der Waals surface area contributed by atoms with Gasteiger partial charge in [0.25, 0.3) is 5.91 Å². The maximum absolute atomic E-state index is 13.3. The largest absolute Gasteiger partial charge is 0.396 e. The lowest BCUT2D eigenvalue weighted by Gasteiger charge is -2.31. The molecule has 0 aliphatic carbocycles. The Morgan fingerprint density at radius 3 is 2.77 bits per heavy atom. The Morgan fingerprint density at radius 1 is 1.47 bits per heavy atom. The second-order valence-corrected chi connectivity index (χ2v) is 7.60. The molecule has 1 aromatic heterocycles. The predicted octanol–water partition coefficient (Wildman–Crippen LogP) is 1.34. The highest BCUT2D eigenvalue weighted by Crippen LogP contribution is 2.27. The number of carbonyl (C=O) groups excluding carboxylic acids is 2. The number of nitrogens with zero attached hydrogens (tertiary/aromatic N) is 4. The summed E-state index contributed by atoms with van der Waals surface area (Å²) in [6.07, 6.45) is 2.68. The monoisotopic (exact) mass is 439 g/mol. The van der Waals surface area contributed by atoms with Crippen LogP contribution in [0.4, 0.5) is 0 Å². The number of hydrogen-bond acceptors (Lipinski definition) is 7. The Labute approximate surface area is 182 Å². The molecular weight excluding hydrogens is 410 g/mol. The molecule has 0 saturated heterocycles. The second-order valence-electron chi connectivity index (χ2n) is 7.16. The van der Waals surface area contributed by atoms with Gasteiger partial charge in [0.05, 0.1) is 23.4 Å². The van der Waals surface area contributed by atoms with Gasteiger partial charge in [-0.3, -0.25) is 14.6 Å². The van der Waals surface area contributed by atoms with Crippen LogP contribution in [-0.4, -0.2) is 76.8 Å². The molecule has 2 amide bonds.